The van der Waals surface area contributed by atoms with Gasteiger partial charge < -0.3 is 24.3 Å². The number of carbonyl (C=O) groups is 2. The molecule has 2 heterocycles. The summed E-state index contributed by atoms with van der Waals surface area (Å²) in [6, 6.07) is 13.5. The average molecular weight is 607 g/mol. The van der Waals surface area contributed by atoms with Gasteiger partial charge in [0.05, 0.1) is 44.6 Å². The van der Waals surface area contributed by atoms with E-state index in [1.165, 1.54) is 36.4 Å². The van der Waals surface area contributed by atoms with Crippen molar-refractivity contribution in [3.63, 3.8) is 0 Å². The normalized spacial score (nSPS) is 13.3. The highest BCUT2D eigenvalue weighted by atomic mass is 19.1. The number of benzene rings is 3. The first-order chi connectivity index (χ1) is 21.4. The van der Waals surface area contributed by atoms with Crippen LogP contribution in [-0.4, -0.2) is 68.4 Å². The van der Waals surface area contributed by atoms with E-state index in [1.54, 1.807) is 31.5 Å². The molecule has 0 radical (unpaired) electrons. The van der Waals surface area contributed by atoms with E-state index in [-0.39, 0.29) is 17.9 Å². The third-order valence-electron chi connectivity index (χ3n) is 6.91. The number of hydrogen-bond acceptors (Lipinski definition) is 8. The van der Waals surface area contributed by atoms with E-state index >= 15 is 0 Å². The lowest BCUT2D eigenvalue weighted by Crippen LogP contribution is -2.37. The summed E-state index contributed by atoms with van der Waals surface area (Å²) in [5.74, 6) is -0.179. The molecule has 10 nitrogen and oxygen atoms in total. The van der Waals surface area contributed by atoms with Gasteiger partial charge in [0.25, 0.3) is 0 Å². The van der Waals surface area contributed by atoms with Gasteiger partial charge in [0.1, 0.15) is 23.1 Å². The van der Waals surface area contributed by atoms with Crippen LogP contribution in [0.1, 0.15) is 12.0 Å². The molecule has 3 aromatic carbocycles. The van der Waals surface area contributed by atoms with E-state index in [4.69, 9.17) is 18.9 Å². The van der Waals surface area contributed by atoms with E-state index < -0.39 is 23.6 Å². The molecular weight excluding hydrogens is 574 g/mol. The van der Waals surface area contributed by atoms with E-state index in [9.17, 15) is 18.4 Å². The summed E-state index contributed by atoms with van der Waals surface area (Å²) < 4.78 is 50.9. The van der Waals surface area contributed by atoms with Crippen molar-refractivity contribution in [2.75, 3.05) is 51.9 Å². The molecule has 44 heavy (non-hydrogen) atoms. The summed E-state index contributed by atoms with van der Waals surface area (Å²) in [5, 5.41) is 5.06. The van der Waals surface area contributed by atoms with Crippen molar-refractivity contribution < 1.29 is 37.3 Å². The van der Waals surface area contributed by atoms with Gasteiger partial charge >= 0.3 is 6.03 Å². The molecule has 0 saturated carbocycles. The summed E-state index contributed by atoms with van der Waals surface area (Å²) in [4.78, 5) is 31.2. The number of urea groups is 1. The monoisotopic (exact) mass is 606 g/mol. The molecule has 1 aliphatic heterocycles. The van der Waals surface area contributed by atoms with Gasteiger partial charge in [-0.25, -0.2) is 13.6 Å². The lowest BCUT2D eigenvalue weighted by molar-refractivity contribution is -0.119. The Hall–Kier alpha value is -4.81. The molecule has 12 heteroatoms. The number of aromatic nitrogens is 1. The van der Waals surface area contributed by atoms with Gasteiger partial charge in [-0.15, -0.1) is 0 Å². The Morgan fingerprint density at radius 3 is 2.52 bits per heavy atom. The number of nitrogens with zero attached hydrogens (tertiary/aromatic N) is 2. The zero-order valence-electron chi connectivity index (χ0n) is 24.1. The summed E-state index contributed by atoms with van der Waals surface area (Å²) in [5.41, 5.74) is 0.974. The van der Waals surface area contributed by atoms with Crippen molar-refractivity contribution in [2.45, 2.75) is 12.8 Å². The number of imide groups is 1. The van der Waals surface area contributed by atoms with Crippen molar-refractivity contribution in [1.82, 2.24) is 15.2 Å². The highest BCUT2D eigenvalue weighted by molar-refractivity contribution is 6.01. The average Bonchev–Trinajstić information content (AvgIpc) is 3.02. The fourth-order valence-electron chi connectivity index (χ4n) is 4.68. The number of hydrogen-bond donors (Lipinski definition) is 2. The number of carbonyl (C=O) groups excluding carboxylic acids is 2. The summed E-state index contributed by atoms with van der Waals surface area (Å²) in [6.07, 6.45) is 2.28. The highest BCUT2D eigenvalue weighted by Gasteiger charge is 2.16. The highest BCUT2D eigenvalue weighted by Crippen LogP contribution is 2.37. The standard InChI is InChI=1S/C32H32F2N4O6/c1-41-29-19-24-27(20-30(29)43-14-2-11-38-12-15-42-16-13-38)35-10-9-28(24)44-23-7-8-26(25(34)18-23)36-32(40)37-31(39)17-21-3-5-22(33)6-4-21/h3-10,18-20H,2,11-17H2,1H3,(H2,36,37,39,40). The molecule has 0 unspecified atom stereocenters. The Balaban J connectivity index is 1.20. The smallest absolute Gasteiger partial charge is 0.325 e. The zero-order chi connectivity index (χ0) is 30.9. The minimum Gasteiger partial charge on any atom is -0.493 e. The van der Waals surface area contributed by atoms with E-state index in [1.807, 2.05) is 0 Å². The quantitative estimate of drug-likeness (QED) is 0.221. The number of fused-ring (bicyclic) bond motifs is 1. The predicted octanol–water partition coefficient (Wildman–Crippen LogP) is 5.31. The molecule has 2 N–H and O–H groups in total. The van der Waals surface area contributed by atoms with Crippen molar-refractivity contribution in [3.8, 4) is 23.0 Å². The minimum absolute atomic E-state index is 0.143. The van der Waals surface area contributed by atoms with Crippen LogP contribution in [0, 0.1) is 11.6 Å². The number of amides is 3. The summed E-state index contributed by atoms with van der Waals surface area (Å²) in [6.45, 7) is 4.78. The van der Waals surface area contributed by atoms with Gasteiger partial charge in [-0.05, 0) is 48.4 Å². The Kier molecular flexibility index (Phi) is 10.2. The largest absolute Gasteiger partial charge is 0.493 e. The number of anilines is 1. The van der Waals surface area contributed by atoms with Crippen molar-refractivity contribution in [1.29, 1.82) is 0 Å². The first-order valence-corrected chi connectivity index (χ1v) is 14.1. The van der Waals surface area contributed by atoms with Crippen molar-refractivity contribution >= 4 is 28.5 Å². The van der Waals surface area contributed by atoms with Gasteiger partial charge in [-0.1, -0.05) is 12.1 Å². The lowest BCUT2D eigenvalue weighted by atomic mass is 10.1. The number of methoxy groups -OCH3 is 1. The maximum absolute atomic E-state index is 14.9. The first-order valence-electron chi connectivity index (χ1n) is 14.1. The van der Waals surface area contributed by atoms with Gasteiger partial charge in [0, 0.05) is 43.4 Å². The fourth-order valence-corrected chi connectivity index (χ4v) is 4.68. The van der Waals surface area contributed by atoms with Gasteiger partial charge in [0.2, 0.25) is 5.91 Å². The first kappa shape index (κ1) is 30.6. The molecule has 230 valence electrons. The molecule has 0 atom stereocenters. The second kappa shape index (κ2) is 14.6. The molecule has 4 aromatic rings. The molecule has 3 amide bonds. The molecule has 5 rings (SSSR count). The van der Waals surface area contributed by atoms with Gasteiger partial charge in [0.15, 0.2) is 11.5 Å². The van der Waals surface area contributed by atoms with Crippen LogP contribution in [-0.2, 0) is 16.0 Å². The number of nitrogens with one attached hydrogen (secondary N) is 2. The molecule has 1 aliphatic rings. The molecule has 0 spiro atoms. The maximum Gasteiger partial charge on any atom is 0.325 e. The van der Waals surface area contributed by atoms with Crippen LogP contribution in [0.4, 0.5) is 19.3 Å². The number of pyridine rings is 1. The van der Waals surface area contributed by atoms with E-state index in [0.717, 1.165) is 45.3 Å². The second-order valence-electron chi connectivity index (χ2n) is 10.0. The Labute approximate surface area is 252 Å². The van der Waals surface area contributed by atoms with Crippen LogP contribution in [0.25, 0.3) is 10.9 Å². The van der Waals surface area contributed by atoms with Crippen LogP contribution < -0.4 is 24.8 Å². The van der Waals surface area contributed by atoms with Crippen molar-refractivity contribution in [3.05, 3.63) is 84.1 Å². The number of rotatable bonds is 11. The Morgan fingerprint density at radius 1 is 0.977 bits per heavy atom. The minimum atomic E-state index is -0.906. The summed E-state index contributed by atoms with van der Waals surface area (Å²) >= 11 is 0. The van der Waals surface area contributed by atoms with Crippen LogP contribution >= 0.6 is 0 Å². The Bertz CT molecular complexity index is 1610. The molecule has 1 saturated heterocycles. The SMILES string of the molecule is COc1cc2c(Oc3ccc(NC(=O)NC(=O)Cc4ccc(F)cc4)c(F)c3)ccnc2cc1OCCCN1CCOCC1. The Morgan fingerprint density at radius 2 is 1.77 bits per heavy atom. The third-order valence-corrected chi connectivity index (χ3v) is 6.91. The van der Waals surface area contributed by atoms with E-state index in [0.29, 0.717) is 40.3 Å². The molecule has 1 aromatic heterocycles. The zero-order valence-corrected chi connectivity index (χ0v) is 24.1. The molecular formula is C32H32F2N4O6. The third kappa shape index (κ3) is 8.17. The fraction of sp³-hybridized carbons (Fsp3) is 0.281. The lowest BCUT2D eigenvalue weighted by Gasteiger charge is -2.26. The van der Waals surface area contributed by atoms with Crippen LogP contribution in [0.2, 0.25) is 0 Å². The molecule has 0 bridgehead atoms. The van der Waals surface area contributed by atoms with E-state index in [2.05, 4.69) is 20.5 Å². The van der Waals surface area contributed by atoms with Crippen LogP contribution in [0.15, 0.2) is 66.9 Å². The predicted molar refractivity (Wildman–Crippen MR) is 159 cm³/mol. The maximum atomic E-state index is 14.9. The van der Waals surface area contributed by atoms with Gasteiger partial charge in [-0.3, -0.25) is 20.0 Å². The molecule has 0 aliphatic carbocycles. The van der Waals surface area contributed by atoms with Crippen molar-refractivity contribution in [2.24, 2.45) is 0 Å². The summed E-state index contributed by atoms with van der Waals surface area (Å²) in [7, 11) is 1.55. The second-order valence-corrected chi connectivity index (χ2v) is 10.0. The van der Waals surface area contributed by atoms with Gasteiger partial charge in [-0.2, -0.15) is 0 Å². The number of halogens is 2. The van der Waals surface area contributed by atoms with Crippen LogP contribution in [0.5, 0.6) is 23.0 Å². The number of morpholine rings is 1. The molecule has 1 fully saturated rings. The topological polar surface area (TPSA) is 111 Å². The number of ether oxygens (including phenoxy) is 4. The van der Waals surface area contributed by atoms with Crippen LogP contribution in [0.3, 0.4) is 0 Å².